The van der Waals surface area contributed by atoms with Crippen molar-refractivity contribution in [1.82, 2.24) is 10.3 Å². The number of halogens is 3. The third-order valence-electron chi connectivity index (χ3n) is 6.00. The Morgan fingerprint density at radius 1 is 1.27 bits per heavy atom. The van der Waals surface area contributed by atoms with E-state index in [9.17, 15) is 33.7 Å². The molecule has 0 amide bonds. The molecule has 11 nitrogen and oxygen atoms in total. The summed E-state index contributed by atoms with van der Waals surface area (Å²) in [5.41, 5.74) is 8.31. The molecule has 40 heavy (non-hydrogen) atoms. The number of aromatic hydroxyl groups is 1. The smallest absolute Gasteiger partial charge is 0.490 e. The summed E-state index contributed by atoms with van der Waals surface area (Å²) in [6, 6.07) is 15.0. The largest absolute Gasteiger partial charge is 0.507 e. The molecule has 0 bridgehead atoms. The lowest BCUT2D eigenvalue weighted by Gasteiger charge is -2.25. The van der Waals surface area contributed by atoms with E-state index in [1.807, 2.05) is 0 Å². The van der Waals surface area contributed by atoms with Gasteiger partial charge in [-0.2, -0.15) is 18.4 Å². The number of pyridine rings is 1. The van der Waals surface area contributed by atoms with Crippen LogP contribution in [0.4, 0.5) is 24.7 Å². The van der Waals surface area contributed by atoms with Crippen molar-refractivity contribution in [2.24, 2.45) is 0 Å². The van der Waals surface area contributed by atoms with E-state index in [0.29, 0.717) is 28.1 Å². The highest BCUT2D eigenvalue weighted by Crippen LogP contribution is 2.40. The van der Waals surface area contributed by atoms with E-state index in [4.69, 9.17) is 20.4 Å². The molecule has 0 saturated carbocycles. The van der Waals surface area contributed by atoms with Gasteiger partial charge in [0.1, 0.15) is 30.0 Å². The van der Waals surface area contributed by atoms with Crippen LogP contribution in [0.15, 0.2) is 48.5 Å². The van der Waals surface area contributed by atoms with Crippen molar-refractivity contribution in [3.8, 4) is 28.8 Å². The van der Waals surface area contributed by atoms with Gasteiger partial charge in [0, 0.05) is 12.6 Å². The van der Waals surface area contributed by atoms with Crippen LogP contribution >= 0.6 is 0 Å². The number of ether oxygens (including phenoxy) is 1. The quantitative estimate of drug-likeness (QED) is 0.248. The van der Waals surface area contributed by atoms with Crippen LogP contribution in [0, 0.1) is 21.4 Å². The van der Waals surface area contributed by atoms with E-state index in [0.717, 1.165) is 31.5 Å². The topological polar surface area (TPSA) is 185 Å². The molecule has 1 fully saturated rings. The molecule has 1 aromatic heterocycles. The third-order valence-corrected chi connectivity index (χ3v) is 6.00. The van der Waals surface area contributed by atoms with E-state index in [1.165, 1.54) is 12.1 Å². The number of para-hydroxylation sites is 1. The lowest BCUT2D eigenvalue weighted by Crippen LogP contribution is -2.29. The van der Waals surface area contributed by atoms with Gasteiger partial charge in [0.15, 0.2) is 0 Å². The Labute approximate surface area is 225 Å². The Balaban J connectivity index is 0.000000559. The molecule has 3 aromatic rings. The second-order valence-electron chi connectivity index (χ2n) is 8.64. The first-order valence-electron chi connectivity index (χ1n) is 11.8. The summed E-state index contributed by atoms with van der Waals surface area (Å²) in [5, 5.41) is 42.1. The first-order valence-corrected chi connectivity index (χ1v) is 11.8. The van der Waals surface area contributed by atoms with Crippen molar-refractivity contribution in [3.05, 3.63) is 75.3 Å². The lowest BCUT2D eigenvalue weighted by molar-refractivity contribution is -0.385. The number of nitro groups is 1. The van der Waals surface area contributed by atoms with E-state index < -0.39 is 17.1 Å². The number of nitrogen functional groups attached to an aromatic ring is 1. The Morgan fingerprint density at radius 3 is 2.58 bits per heavy atom. The van der Waals surface area contributed by atoms with Gasteiger partial charge in [-0.1, -0.05) is 18.2 Å². The number of nitrogens with two attached hydrogens (primary N) is 1. The summed E-state index contributed by atoms with van der Waals surface area (Å²) < 4.78 is 37.6. The number of carbonyl (C=O) groups is 1. The second-order valence-corrected chi connectivity index (χ2v) is 8.64. The van der Waals surface area contributed by atoms with E-state index in [1.54, 1.807) is 36.4 Å². The predicted molar refractivity (Wildman–Crippen MR) is 136 cm³/mol. The minimum Gasteiger partial charge on any atom is -0.507 e. The number of nitrogens with one attached hydrogen (secondary N) is 1. The molecule has 0 spiro atoms. The van der Waals surface area contributed by atoms with Gasteiger partial charge < -0.3 is 26.0 Å². The molecule has 1 saturated heterocycles. The molecule has 1 aliphatic heterocycles. The number of hydrogen-bond acceptors (Lipinski definition) is 9. The number of phenols is 1. The van der Waals surface area contributed by atoms with Crippen LogP contribution in [-0.4, -0.2) is 45.4 Å². The van der Waals surface area contributed by atoms with Gasteiger partial charge in [-0.05, 0) is 55.1 Å². The van der Waals surface area contributed by atoms with Crippen molar-refractivity contribution in [3.63, 3.8) is 0 Å². The van der Waals surface area contributed by atoms with E-state index in [2.05, 4.69) is 16.4 Å². The minimum absolute atomic E-state index is 0.0490. The molecule has 1 unspecified atom stereocenters. The monoisotopic (exact) mass is 559 g/mol. The number of carboxylic acids is 1. The van der Waals surface area contributed by atoms with Crippen LogP contribution in [-0.2, 0) is 11.4 Å². The normalized spacial score (nSPS) is 14.8. The number of benzene rings is 2. The fourth-order valence-corrected chi connectivity index (χ4v) is 4.14. The second kappa shape index (κ2) is 12.8. The minimum atomic E-state index is -5.08. The fraction of sp³-hybridized carbons (Fsp3) is 0.269. The third kappa shape index (κ3) is 7.14. The maximum Gasteiger partial charge on any atom is 0.490 e. The Kier molecular flexibility index (Phi) is 9.46. The SMILES string of the molecule is N#Cc1c(C2CCCNC2)cc(-c2c(O)cccc2OCc2ccccc2[N+](=O)[O-])nc1N.O=C(O)C(F)(F)F. The highest BCUT2D eigenvalue weighted by Gasteiger charge is 2.38. The molecule has 0 aliphatic carbocycles. The number of hydrogen-bond donors (Lipinski definition) is 4. The number of alkyl halides is 3. The van der Waals surface area contributed by atoms with E-state index >= 15 is 0 Å². The average molecular weight is 560 g/mol. The number of aliphatic carboxylic acids is 1. The molecule has 1 aliphatic rings. The first-order chi connectivity index (χ1) is 18.9. The molecular formula is C26H24F3N5O6. The van der Waals surface area contributed by atoms with Gasteiger partial charge >= 0.3 is 12.1 Å². The average Bonchev–Trinajstić information content (AvgIpc) is 2.92. The Morgan fingerprint density at radius 2 is 1.98 bits per heavy atom. The summed E-state index contributed by atoms with van der Waals surface area (Å²) in [7, 11) is 0. The van der Waals surface area contributed by atoms with Crippen LogP contribution in [0.5, 0.6) is 11.5 Å². The lowest BCUT2D eigenvalue weighted by atomic mass is 9.88. The Hall–Kier alpha value is -4.90. The van der Waals surface area contributed by atoms with Crippen LogP contribution in [0.1, 0.15) is 35.4 Å². The van der Waals surface area contributed by atoms with Crippen molar-refractivity contribution in [2.75, 3.05) is 18.8 Å². The van der Waals surface area contributed by atoms with Gasteiger partial charge in [-0.3, -0.25) is 10.1 Å². The van der Waals surface area contributed by atoms with Crippen LogP contribution < -0.4 is 15.8 Å². The standard InChI is InChI=1S/C24H23N5O4.C2HF3O2/c25-12-18-17(15-6-4-10-27-13-15)11-19(28-24(18)26)23-21(30)8-3-9-22(23)33-14-16-5-1-2-7-20(16)29(31)32;3-2(4,5)1(6)7/h1-3,5,7-9,11,15,27,30H,4,6,10,13-14H2,(H2,26,28);(H,6,7). The molecule has 5 N–H and O–H groups in total. The van der Waals surface area contributed by atoms with Gasteiger partial charge in [0.25, 0.3) is 5.69 Å². The predicted octanol–water partition coefficient (Wildman–Crippen LogP) is 4.50. The van der Waals surface area contributed by atoms with Crippen molar-refractivity contribution in [1.29, 1.82) is 5.26 Å². The zero-order chi connectivity index (χ0) is 29.4. The first kappa shape index (κ1) is 29.7. The molecule has 210 valence electrons. The zero-order valence-electron chi connectivity index (χ0n) is 20.8. The summed E-state index contributed by atoms with van der Waals surface area (Å²) in [4.78, 5) is 24.1. The van der Waals surface area contributed by atoms with Crippen molar-refractivity contribution >= 4 is 17.5 Å². The maximum atomic E-state index is 11.3. The number of nitrogens with zero attached hydrogens (tertiary/aromatic N) is 3. The fourth-order valence-electron chi connectivity index (χ4n) is 4.14. The number of carboxylic acid groups (broad SMARTS) is 1. The van der Waals surface area contributed by atoms with Gasteiger partial charge in [-0.25, -0.2) is 9.78 Å². The molecule has 0 radical (unpaired) electrons. The van der Waals surface area contributed by atoms with Gasteiger partial charge in [0.05, 0.1) is 27.3 Å². The molecule has 1 atom stereocenters. The summed E-state index contributed by atoms with van der Waals surface area (Å²) in [6.07, 6.45) is -3.19. The highest BCUT2D eigenvalue weighted by molar-refractivity contribution is 5.77. The van der Waals surface area contributed by atoms with Crippen molar-refractivity contribution in [2.45, 2.75) is 31.5 Å². The molecule has 2 aromatic carbocycles. The summed E-state index contributed by atoms with van der Waals surface area (Å²) >= 11 is 0. The number of nitriles is 1. The maximum absolute atomic E-state index is 11.3. The molecule has 14 heteroatoms. The van der Waals surface area contributed by atoms with Crippen LogP contribution in [0.25, 0.3) is 11.3 Å². The highest BCUT2D eigenvalue weighted by atomic mass is 19.4. The summed E-state index contributed by atoms with van der Waals surface area (Å²) in [6.45, 7) is 1.58. The van der Waals surface area contributed by atoms with Crippen LogP contribution in [0.2, 0.25) is 0 Å². The number of piperidine rings is 1. The molecular weight excluding hydrogens is 535 g/mol. The molecule has 2 heterocycles. The van der Waals surface area contributed by atoms with Gasteiger partial charge in [0.2, 0.25) is 0 Å². The number of phenolic OH excluding ortho intramolecular Hbond substituents is 1. The van der Waals surface area contributed by atoms with Crippen LogP contribution in [0.3, 0.4) is 0 Å². The van der Waals surface area contributed by atoms with Gasteiger partial charge in [-0.15, -0.1) is 0 Å². The number of aromatic nitrogens is 1. The van der Waals surface area contributed by atoms with Crippen molar-refractivity contribution < 1.29 is 37.8 Å². The summed E-state index contributed by atoms with van der Waals surface area (Å²) in [5.74, 6) is -2.34. The van der Waals surface area contributed by atoms with E-state index in [-0.39, 0.29) is 29.8 Å². The zero-order valence-corrected chi connectivity index (χ0v) is 20.8. The number of nitro benzene ring substituents is 1. The Bertz CT molecular complexity index is 1440. The number of anilines is 1. The molecule has 4 rings (SSSR count). The number of rotatable bonds is 6.